The highest BCUT2D eigenvalue weighted by Crippen LogP contribution is 2.44. The largest absolute Gasteiger partial charge is 0.507 e. The Kier molecular flexibility index (Phi) is 11.4. The summed E-state index contributed by atoms with van der Waals surface area (Å²) < 4.78 is 12.8. The van der Waals surface area contributed by atoms with Crippen molar-refractivity contribution < 1.29 is 24.2 Å². The molecule has 1 unspecified atom stereocenters. The van der Waals surface area contributed by atoms with Crippen molar-refractivity contribution in [1.82, 2.24) is 10.6 Å². The molecule has 2 fully saturated rings. The van der Waals surface area contributed by atoms with E-state index in [1.54, 1.807) is 0 Å². The van der Waals surface area contributed by atoms with Gasteiger partial charge in [-0.2, -0.15) is 0 Å². The van der Waals surface area contributed by atoms with Gasteiger partial charge in [0.05, 0.1) is 0 Å². The van der Waals surface area contributed by atoms with Crippen LogP contribution in [0.3, 0.4) is 0 Å². The lowest BCUT2D eigenvalue weighted by Crippen LogP contribution is -2.60. The van der Waals surface area contributed by atoms with E-state index in [-0.39, 0.29) is 50.9 Å². The van der Waals surface area contributed by atoms with Gasteiger partial charge >= 0.3 is 11.9 Å². The Balaban J connectivity index is 2.17. The molecule has 47 heavy (non-hydrogen) atoms. The van der Waals surface area contributed by atoms with Crippen LogP contribution in [0.15, 0.2) is 12.1 Å². The number of benzene rings is 1. The molecule has 0 saturated carbocycles. The molecule has 1 aromatic rings. The number of aromatic hydroxyl groups is 1. The Bertz CT molecular complexity index is 1160. The van der Waals surface area contributed by atoms with Gasteiger partial charge in [-0.25, -0.2) is 0 Å². The summed E-state index contributed by atoms with van der Waals surface area (Å²) in [6.07, 6.45) is 4.32. The molecule has 0 radical (unpaired) electrons. The zero-order chi connectivity index (χ0) is 36.0. The summed E-state index contributed by atoms with van der Waals surface area (Å²) >= 11 is 0. The average Bonchev–Trinajstić information content (AvgIpc) is 2.81. The molecule has 0 amide bonds. The molecule has 0 aliphatic carbocycles. The van der Waals surface area contributed by atoms with E-state index in [0.717, 1.165) is 29.5 Å². The van der Waals surface area contributed by atoms with E-state index < -0.39 is 23.8 Å². The number of carbonyl (C=O) groups excluding carboxylic acids is 2. The summed E-state index contributed by atoms with van der Waals surface area (Å²) in [5, 5.41) is 18.9. The monoisotopic (exact) mass is 657 g/mol. The maximum atomic E-state index is 14.6. The van der Waals surface area contributed by atoms with Crippen molar-refractivity contribution in [2.75, 3.05) is 0 Å². The van der Waals surface area contributed by atoms with Crippen molar-refractivity contribution in [2.45, 2.75) is 200 Å². The molecule has 2 saturated heterocycles. The first-order valence-corrected chi connectivity index (χ1v) is 18.0. The molecule has 0 bridgehead atoms. The minimum atomic E-state index is -1.13. The van der Waals surface area contributed by atoms with Gasteiger partial charge < -0.3 is 25.2 Å². The second kappa shape index (κ2) is 13.7. The van der Waals surface area contributed by atoms with Crippen molar-refractivity contribution in [3.63, 3.8) is 0 Å². The van der Waals surface area contributed by atoms with Crippen LogP contribution in [0.25, 0.3) is 0 Å². The molecule has 7 heteroatoms. The van der Waals surface area contributed by atoms with Crippen LogP contribution in [0.5, 0.6) is 5.75 Å². The number of ether oxygens (including phenoxy) is 2. The summed E-state index contributed by atoms with van der Waals surface area (Å²) in [4.78, 5) is 29.1. The number of hydrogen-bond donors (Lipinski definition) is 3. The lowest BCUT2D eigenvalue weighted by Gasteiger charge is -2.46. The first-order chi connectivity index (χ1) is 21.2. The van der Waals surface area contributed by atoms with Crippen LogP contribution in [0.2, 0.25) is 0 Å². The third-order valence-electron chi connectivity index (χ3n) is 9.83. The quantitative estimate of drug-likeness (QED) is 0.181. The number of rotatable bonds is 9. The highest BCUT2D eigenvalue weighted by atomic mass is 16.6. The Labute approximate surface area is 286 Å². The molecule has 1 aromatic carbocycles. The molecule has 0 aromatic heterocycles. The van der Waals surface area contributed by atoms with Crippen LogP contribution in [-0.4, -0.2) is 51.4 Å². The van der Waals surface area contributed by atoms with Gasteiger partial charge in [0, 0.05) is 53.8 Å². The van der Waals surface area contributed by atoms with E-state index in [1.807, 2.05) is 12.1 Å². The molecular weight excluding hydrogens is 588 g/mol. The number of hydrogen-bond acceptors (Lipinski definition) is 7. The smallest absolute Gasteiger partial charge is 0.321 e. The minimum Gasteiger partial charge on any atom is -0.507 e. The van der Waals surface area contributed by atoms with E-state index in [9.17, 15) is 14.7 Å². The summed E-state index contributed by atoms with van der Waals surface area (Å²) in [6.45, 7) is 31.7. The zero-order valence-electron chi connectivity index (χ0n) is 32.5. The first-order valence-electron chi connectivity index (χ1n) is 18.0. The van der Waals surface area contributed by atoms with Crippen molar-refractivity contribution in [2.24, 2.45) is 5.92 Å². The second-order valence-electron chi connectivity index (χ2n) is 19.4. The van der Waals surface area contributed by atoms with Gasteiger partial charge in [0.1, 0.15) is 18.0 Å². The third kappa shape index (κ3) is 10.4. The molecular formula is C40H68N2O5. The molecule has 2 aliphatic heterocycles. The van der Waals surface area contributed by atoms with E-state index in [0.29, 0.717) is 32.1 Å². The van der Waals surface area contributed by atoms with Crippen LogP contribution >= 0.6 is 0 Å². The lowest BCUT2D eigenvalue weighted by atomic mass is 9.74. The lowest BCUT2D eigenvalue weighted by molar-refractivity contribution is -0.173. The van der Waals surface area contributed by atoms with Crippen molar-refractivity contribution in [3.05, 3.63) is 28.8 Å². The van der Waals surface area contributed by atoms with Crippen LogP contribution in [0.1, 0.15) is 171 Å². The SMILES string of the molecule is CCCCC(c1cc(C(C)(C)C)c(O)c(C(C)(C)C)c1)C(C(=O)OC1CC(C)(C)NC(C)(C)C1)C(=O)OC1CC(C)(C)NC(C)(C)C1. The van der Waals surface area contributed by atoms with Crippen LogP contribution < -0.4 is 10.6 Å². The standard InChI is InChI=1S/C40H68N2O5/c1-16-17-18-28(25-19-29(35(2,3)4)32(43)30(20-25)36(5,6)7)31(33(44)46-26-21-37(8,9)41-38(10,11)22-26)34(45)47-27-23-39(12,13)42-40(14,15)24-27/h19-20,26-28,31,41-43H,16-18,21-24H2,1-15H3. The normalized spacial score (nSPS) is 22.1. The molecule has 268 valence electrons. The fourth-order valence-electron chi connectivity index (χ4n) is 8.49. The molecule has 7 nitrogen and oxygen atoms in total. The van der Waals surface area contributed by atoms with Gasteiger partial charge in [-0.1, -0.05) is 73.4 Å². The summed E-state index contributed by atoms with van der Waals surface area (Å²) in [7, 11) is 0. The van der Waals surface area contributed by atoms with Crippen molar-refractivity contribution >= 4 is 11.9 Å². The molecule has 2 heterocycles. The molecule has 3 rings (SSSR count). The van der Waals surface area contributed by atoms with E-state index >= 15 is 0 Å². The van der Waals surface area contributed by atoms with Gasteiger partial charge in [-0.3, -0.25) is 9.59 Å². The van der Waals surface area contributed by atoms with Gasteiger partial charge in [0.15, 0.2) is 5.92 Å². The number of carbonyl (C=O) groups is 2. The van der Waals surface area contributed by atoms with Crippen molar-refractivity contribution in [1.29, 1.82) is 0 Å². The fourth-order valence-corrected chi connectivity index (χ4v) is 8.49. The summed E-state index contributed by atoms with van der Waals surface area (Å²) in [5.41, 5.74) is 0.883. The Morgan fingerprint density at radius 2 is 1.09 bits per heavy atom. The van der Waals surface area contributed by atoms with Crippen LogP contribution in [0, 0.1) is 5.92 Å². The molecule has 1 atom stereocenters. The fraction of sp³-hybridized carbons (Fsp3) is 0.800. The van der Waals surface area contributed by atoms with E-state index in [2.05, 4.69) is 114 Å². The Morgan fingerprint density at radius 3 is 1.38 bits per heavy atom. The van der Waals surface area contributed by atoms with E-state index in [1.165, 1.54) is 0 Å². The number of esters is 2. The highest BCUT2D eigenvalue weighted by molar-refractivity contribution is 5.96. The second-order valence-corrected chi connectivity index (χ2v) is 19.4. The number of nitrogens with one attached hydrogen (secondary N) is 2. The predicted molar refractivity (Wildman–Crippen MR) is 192 cm³/mol. The maximum absolute atomic E-state index is 14.6. The van der Waals surface area contributed by atoms with Crippen molar-refractivity contribution in [3.8, 4) is 5.75 Å². The topological polar surface area (TPSA) is 96.9 Å². The number of piperidine rings is 2. The van der Waals surface area contributed by atoms with Gasteiger partial charge in [-0.05, 0) is 89.3 Å². The number of phenolic OH excluding ortho intramolecular Hbond substituents is 1. The number of phenols is 1. The zero-order valence-corrected chi connectivity index (χ0v) is 32.5. The summed E-state index contributed by atoms with van der Waals surface area (Å²) in [5.74, 6) is -2.34. The van der Waals surface area contributed by atoms with Gasteiger partial charge in [-0.15, -0.1) is 0 Å². The van der Waals surface area contributed by atoms with Gasteiger partial charge in [0.25, 0.3) is 0 Å². The van der Waals surface area contributed by atoms with Crippen LogP contribution in [-0.2, 0) is 29.9 Å². The van der Waals surface area contributed by atoms with E-state index in [4.69, 9.17) is 9.47 Å². The number of unbranched alkanes of at least 4 members (excludes halogenated alkanes) is 1. The third-order valence-corrected chi connectivity index (χ3v) is 9.83. The molecule has 0 spiro atoms. The first kappa shape index (κ1) is 39.3. The molecule has 2 aliphatic rings. The Hall–Kier alpha value is -2.12. The Morgan fingerprint density at radius 1 is 0.745 bits per heavy atom. The highest BCUT2D eigenvalue weighted by Gasteiger charge is 2.46. The average molecular weight is 657 g/mol. The maximum Gasteiger partial charge on any atom is 0.321 e. The van der Waals surface area contributed by atoms with Gasteiger partial charge in [0.2, 0.25) is 0 Å². The molecule has 3 N–H and O–H groups in total. The summed E-state index contributed by atoms with van der Waals surface area (Å²) in [6, 6.07) is 4.04. The minimum absolute atomic E-state index is 0.225. The van der Waals surface area contributed by atoms with Crippen LogP contribution in [0.4, 0.5) is 0 Å². The predicted octanol–water partition coefficient (Wildman–Crippen LogP) is 8.58.